The van der Waals surface area contributed by atoms with Crippen molar-refractivity contribution in [2.24, 2.45) is 12.0 Å². The number of aromatic nitrogens is 2. The lowest BCUT2D eigenvalue weighted by atomic mass is 10.2. The molecule has 148 valence electrons. The van der Waals surface area contributed by atoms with Crippen LogP contribution in [0.3, 0.4) is 0 Å². The van der Waals surface area contributed by atoms with E-state index < -0.39 is 0 Å². The van der Waals surface area contributed by atoms with Crippen LogP contribution >= 0.6 is 11.6 Å². The molecule has 2 aromatic carbocycles. The Morgan fingerprint density at radius 1 is 1.28 bits per heavy atom. The Labute approximate surface area is 173 Å². The van der Waals surface area contributed by atoms with Crippen molar-refractivity contribution >= 4 is 23.5 Å². The molecule has 8 heteroatoms. The van der Waals surface area contributed by atoms with Gasteiger partial charge >= 0.3 is 0 Å². The number of para-hydroxylation sites is 1. The Kier molecular flexibility index (Phi) is 6.05. The lowest BCUT2D eigenvalue weighted by Gasteiger charge is -2.11. The first kappa shape index (κ1) is 20.2. The molecule has 0 aliphatic carbocycles. The number of hydrogen-bond acceptors (Lipinski definition) is 5. The number of nitrogens with zero attached hydrogens (tertiary/aromatic N) is 4. The van der Waals surface area contributed by atoms with Crippen LogP contribution in [0, 0.1) is 18.3 Å². The molecule has 0 aliphatic heterocycles. The summed E-state index contributed by atoms with van der Waals surface area (Å²) in [4.78, 5) is 17.3. The van der Waals surface area contributed by atoms with Gasteiger partial charge < -0.3 is 9.47 Å². The van der Waals surface area contributed by atoms with Gasteiger partial charge in [0.1, 0.15) is 6.07 Å². The summed E-state index contributed by atoms with van der Waals surface area (Å²) in [6.07, 6.45) is 1.54. The quantitative estimate of drug-likeness (QED) is 0.579. The molecule has 3 aromatic rings. The van der Waals surface area contributed by atoms with Gasteiger partial charge in [0.15, 0.2) is 23.8 Å². The highest BCUT2D eigenvalue weighted by Gasteiger charge is 2.16. The van der Waals surface area contributed by atoms with Crippen LogP contribution in [0.2, 0.25) is 5.02 Å². The lowest BCUT2D eigenvalue weighted by Crippen LogP contribution is -2.19. The van der Waals surface area contributed by atoms with E-state index in [9.17, 15) is 4.79 Å². The number of ether oxygens (including phenoxy) is 2. The molecule has 1 aromatic heterocycles. The van der Waals surface area contributed by atoms with E-state index in [1.54, 1.807) is 27.7 Å². The first-order chi connectivity index (χ1) is 14.0. The maximum atomic E-state index is 12.9. The van der Waals surface area contributed by atoms with Crippen molar-refractivity contribution in [2.45, 2.75) is 6.92 Å². The minimum atomic E-state index is -0.223. The molecule has 0 bridgehead atoms. The number of benzene rings is 2. The molecular weight excluding hydrogens is 392 g/mol. The van der Waals surface area contributed by atoms with E-state index in [0.29, 0.717) is 17.0 Å². The summed E-state index contributed by atoms with van der Waals surface area (Å²) in [6, 6.07) is 14.6. The predicted octanol–water partition coefficient (Wildman–Crippen LogP) is 3.80. The number of rotatable bonds is 6. The standard InChI is InChI=1S/C21H19ClN4O3/c1-14-19(21(27)26(25(14)2)16-7-5-4-6-8-16)24-13-15-11-17(22)20(29-10-9-23)18(12-15)28-3/h4-8,11-13H,10H2,1-3H3. The van der Waals surface area contributed by atoms with Crippen molar-refractivity contribution in [1.29, 1.82) is 5.26 Å². The molecule has 0 aliphatic rings. The SMILES string of the molecule is COc1cc(C=Nc2c(C)n(C)n(-c3ccccc3)c2=O)cc(Cl)c1OCC#N. The fourth-order valence-electron chi connectivity index (χ4n) is 2.90. The Balaban J connectivity index is 2.00. The van der Waals surface area contributed by atoms with Gasteiger partial charge in [-0.15, -0.1) is 0 Å². The zero-order chi connectivity index (χ0) is 21.0. The average Bonchev–Trinajstić information content (AvgIpc) is 2.94. The summed E-state index contributed by atoms with van der Waals surface area (Å²) in [6.45, 7) is 1.69. The van der Waals surface area contributed by atoms with E-state index >= 15 is 0 Å². The second kappa shape index (κ2) is 8.67. The molecular formula is C21H19ClN4O3. The van der Waals surface area contributed by atoms with Crippen LogP contribution in [0.25, 0.3) is 5.69 Å². The number of nitriles is 1. The highest BCUT2D eigenvalue weighted by molar-refractivity contribution is 6.32. The molecule has 0 unspecified atom stereocenters. The second-order valence-corrected chi connectivity index (χ2v) is 6.56. The Bertz CT molecular complexity index is 1160. The molecule has 0 saturated heterocycles. The third kappa shape index (κ3) is 4.03. The molecule has 7 nitrogen and oxygen atoms in total. The van der Waals surface area contributed by atoms with Gasteiger partial charge in [-0.3, -0.25) is 9.48 Å². The van der Waals surface area contributed by atoms with E-state index in [1.165, 1.54) is 7.11 Å². The zero-order valence-electron chi connectivity index (χ0n) is 16.2. The first-order valence-electron chi connectivity index (χ1n) is 8.73. The lowest BCUT2D eigenvalue weighted by molar-refractivity contribution is 0.330. The van der Waals surface area contributed by atoms with Crippen LogP contribution < -0.4 is 15.0 Å². The third-order valence-electron chi connectivity index (χ3n) is 4.40. The monoisotopic (exact) mass is 410 g/mol. The third-order valence-corrected chi connectivity index (χ3v) is 4.68. The van der Waals surface area contributed by atoms with Gasteiger partial charge in [0.05, 0.1) is 23.5 Å². The van der Waals surface area contributed by atoms with Crippen LogP contribution in [0.15, 0.2) is 52.3 Å². The molecule has 0 amide bonds. The highest BCUT2D eigenvalue weighted by atomic mass is 35.5. The Morgan fingerprint density at radius 3 is 2.66 bits per heavy atom. The molecule has 0 radical (unpaired) electrons. The molecule has 0 saturated carbocycles. The summed E-state index contributed by atoms with van der Waals surface area (Å²) >= 11 is 6.26. The van der Waals surface area contributed by atoms with E-state index in [1.807, 2.05) is 50.4 Å². The number of aliphatic imine (C=N–C) groups is 1. The van der Waals surface area contributed by atoms with Crippen molar-refractivity contribution in [1.82, 2.24) is 9.36 Å². The summed E-state index contributed by atoms with van der Waals surface area (Å²) in [5, 5.41) is 8.98. The van der Waals surface area contributed by atoms with Crippen molar-refractivity contribution < 1.29 is 9.47 Å². The van der Waals surface area contributed by atoms with Gasteiger partial charge in [0.25, 0.3) is 5.56 Å². The van der Waals surface area contributed by atoms with Gasteiger partial charge in [-0.05, 0) is 36.8 Å². The van der Waals surface area contributed by atoms with Gasteiger partial charge in [0.2, 0.25) is 0 Å². The molecule has 1 heterocycles. The van der Waals surface area contributed by atoms with Crippen LogP contribution in [-0.2, 0) is 7.05 Å². The van der Waals surface area contributed by atoms with E-state index in [0.717, 1.165) is 11.4 Å². The molecule has 3 rings (SSSR count). The van der Waals surface area contributed by atoms with Crippen LogP contribution in [0.5, 0.6) is 11.5 Å². The normalized spacial score (nSPS) is 10.9. The summed E-state index contributed by atoms with van der Waals surface area (Å²) in [5.74, 6) is 0.663. The van der Waals surface area contributed by atoms with E-state index in [2.05, 4.69) is 4.99 Å². The molecule has 0 spiro atoms. The maximum absolute atomic E-state index is 12.9. The molecule has 0 fully saturated rings. The largest absolute Gasteiger partial charge is 0.493 e. The molecule has 29 heavy (non-hydrogen) atoms. The van der Waals surface area contributed by atoms with E-state index in [-0.39, 0.29) is 22.9 Å². The minimum Gasteiger partial charge on any atom is -0.493 e. The van der Waals surface area contributed by atoms with Crippen molar-refractivity contribution in [2.75, 3.05) is 13.7 Å². The fraction of sp³-hybridized carbons (Fsp3) is 0.190. The Hall–Kier alpha value is -3.50. The van der Waals surface area contributed by atoms with E-state index in [4.69, 9.17) is 26.3 Å². The van der Waals surface area contributed by atoms with Crippen LogP contribution in [0.4, 0.5) is 5.69 Å². The van der Waals surface area contributed by atoms with Crippen molar-refractivity contribution in [3.8, 4) is 23.3 Å². The fourth-order valence-corrected chi connectivity index (χ4v) is 3.17. The number of methoxy groups -OCH3 is 1. The van der Waals surface area contributed by atoms with Crippen LogP contribution in [-0.4, -0.2) is 29.3 Å². The summed E-state index contributed by atoms with van der Waals surface area (Å²) < 4.78 is 13.9. The zero-order valence-corrected chi connectivity index (χ0v) is 17.0. The maximum Gasteiger partial charge on any atom is 0.297 e. The van der Waals surface area contributed by atoms with Gasteiger partial charge in [0, 0.05) is 13.3 Å². The Morgan fingerprint density at radius 2 is 2.00 bits per heavy atom. The number of hydrogen-bond donors (Lipinski definition) is 0. The topological polar surface area (TPSA) is 81.5 Å². The average molecular weight is 411 g/mol. The van der Waals surface area contributed by atoms with Gasteiger partial charge in [-0.1, -0.05) is 29.8 Å². The van der Waals surface area contributed by atoms with Gasteiger partial charge in [-0.25, -0.2) is 9.67 Å². The highest BCUT2D eigenvalue weighted by Crippen LogP contribution is 2.36. The molecule has 0 N–H and O–H groups in total. The van der Waals surface area contributed by atoms with Gasteiger partial charge in [-0.2, -0.15) is 5.26 Å². The first-order valence-corrected chi connectivity index (χ1v) is 9.11. The number of halogens is 1. The van der Waals surface area contributed by atoms with Crippen molar-refractivity contribution in [3.63, 3.8) is 0 Å². The summed E-state index contributed by atoms with van der Waals surface area (Å²) in [5.41, 5.74) is 2.22. The summed E-state index contributed by atoms with van der Waals surface area (Å²) in [7, 11) is 3.29. The van der Waals surface area contributed by atoms with Crippen molar-refractivity contribution in [3.05, 3.63) is 69.1 Å². The smallest absolute Gasteiger partial charge is 0.297 e. The molecule has 0 atom stereocenters. The van der Waals surface area contributed by atoms with Crippen LogP contribution in [0.1, 0.15) is 11.3 Å². The minimum absolute atomic E-state index is 0.147. The predicted molar refractivity (Wildman–Crippen MR) is 112 cm³/mol. The second-order valence-electron chi connectivity index (χ2n) is 6.15.